The number of phenols is 1. The van der Waals surface area contributed by atoms with Crippen molar-refractivity contribution in [3.8, 4) is 5.75 Å². The van der Waals surface area contributed by atoms with Crippen LogP contribution in [0.2, 0.25) is 0 Å². The van der Waals surface area contributed by atoms with Gasteiger partial charge in [0.15, 0.2) is 5.11 Å². The molecule has 0 aliphatic heterocycles. The topological polar surface area (TPSA) is 111 Å². The summed E-state index contributed by atoms with van der Waals surface area (Å²) in [5.41, 5.74) is 1.68. The first-order chi connectivity index (χ1) is 14.9. The number of para-hydroxylation sites is 1. The van der Waals surface area contributed by atoms with Crippen LogP contribution in [0.3, 0.4) is 0 Å². The second-order valence-electron chi connectivity index (χ2n) is 6.35. The zero-order chi connectivity index (χ0) is 22.2. The lowest BCUT2D eigenvalue weighted by molar-refractivity contribution is -0.113. The van der Waals surface area contributed by atoms with Crippen molar-refractivity contribution in [1.82, 2.24) is 0 Å². The number of carboxylic acids is 1. The Labute approximate surface area is 188 Å². The summed E-state index contributed by atoms with van der Waals surface area (Å²) in [4.78, 5) is 24.2. The number of rotatable bonds is 7. The van der Waals surface area contributed by atoms with Gasteiger partial charge in [-0.2, -0.15) is 0 Å². The van der Waals surface area contributed by atoms with Gasteiger partial charge in [-0.25, -0.2) is 4.79 Å². The lowest BCUT2D eigenvalue weighted by Gasteiger charge is -2.11. The third kappa shape index (κ3) is 6.73. The molecule has 0 radical (unpaired) electrons. The van der Waals surface area contributed by atoms with Crippen LogP contribution in [0.4, 0.5) is 17.1 Å². The molecule has 3 aromatic carbocycles. The van der Waals surface area contributed by atoms with Gasteiger partial charge in [0.05, 0.1) is 5.75 Å². The van der Waals surface area contributed by atoms with E-state index in [4.69, 9.17) is 17.3 Å². The number of hydrogen-bond donors (Lipinski definition) is 5. The molecule has 0 unspecified atom stereocenters. The Bertz CT molecular complexity index is 1110. The fourth-order valence-electron chi connectivity index (χ4n) is 2.61. The van der Waals surface area contributed by atoms with E-state index < -0.39 is 5.97 Å². The van der Waals surface area contributed by atoms with Gasteiger partial charge in [0.2, 0.25) is 5.91 Å². The fourth-order valence-corrected chi connectivity index (χ4v) is 3.60. The first-order valence-electron chi connectivity index (χ1n) is 9.13. The molecule has 9 heteroatoms. The summed E-state index contributed by atoms with van der Waals surface area (Å²) in [5.74, 6) is -1.80. The quantitative estimate of drug-likeness (QED) is 0.200. The van der Waals surface area contributed by atoms with Crippen LogP contribution in [-0.4, -0.2) is 33.0 Å². The normalized spacial score (nSPS) is 10.2. The summed E-state index contributed by atoms with van der Waals surface area (Å²) in [6, 6.07) is 20.9. The highest BCUT2D eigenvalue weighted by Crippen LogP contribution is 2.24. The van der Waals surface area contributed by atoms with E-state index in [0.29, 0.717) is 10.8 Å². The van der Waals surface area contributed by atoms with E-state index in [9.17, 15) is 14.7 Å². The molecule has 3 rings (SSSR count). The fraction of sp³-hybridized carbons (Fsp3) is 0.0455. The number of carbonyl (C=O) groups excluding carboxylic acids is 1. The molecule has 0 aliphatic carbocycles. The summed E-state index contributed by atoms with van der Waals surface area (Å²) in [5, 5.41) is 27.9. The highest BCUT2D eigenvalue weighted by atomic mass is 32.2. The zero-order valence-corrected chi connectivity index (χ0v) is 17.8. The molecular weight excluding hydrogens is 434 g/mol. The monoisotopic (exact) mass is 453 g/mol. The Kier molecular flexibility index (Phi) is 7.47. The van der Waals surface area contributed by atoms with E-state index in [1.165, 1.54) is 30.0 Å². The minimum Gasteiger partial charge on any atom is -0.507 e. The Morgan fingerprint density at radius 2 is 1.52 bits per heavy atom. The average molecular weight is 454 g/mol. The van der Waals surface area contributed by atoms with E-state index in [0.717, 1.165) is 16.3 Å². The molecule has 5 N–H and O–H groups in total. The van der Waals surface area contributed by atoms with Gasteiger partial charge in [0, 0.05) is 22.0 Å². The van der Waals surface area contributed by atoms with Crippen molar-refractivity contribution in [2.45, 2.75) is 4.90 Å². The molecule has 0 bridgehead atoms. The van der Waals surface area contributed by atoms with Crippen molar-refractivity contribution in [1.29, 1.82) is 0 Å². The number of amides is 1. The lowest BCUT2D eigenvalue weighted by Crippen LogP contribution is -2.19. The van der Waals surface area contributed by atoms with Crippen LogP contribution in [0.15, 0.2) is 77.7 Å². The number of carbonyl (C=O) groups is 2. The molecule has 0 aromatic heterocycles. The molecule has 0 spiro atoms. The standard InChI is InChI=1S/C22H19N3O4S2/c26-19-10-9-16(12-18(19)21(28)29)23-20(27)13-31-17-8-4-7-15(11-17)25-22(30)24-14-5-2-1-3-6-14/h1-12,26H,13H2,(H,23,27)(H,28,29)(H2,24,25,30). The Hall–Kier alpha value is -3.56. The van der Waals surface area contributed by atoms with Crippen molar-refractivity contribution in [3.63, 3.8) is 0 Å². The number of hydrogen-bond acceptors (Lipinski definition) is 5. The summed E-state index contributed by atoms with van der Waals surface area (Å²) >= 11 is 6.65. The highest BCUT2D eigenvalue weighted by molar-refractivity contribution is 8.00. The number of anilines is 3. The molecule has 0 heterocycles. The third-order valence-electron chi connectivity index (χ3n) is 4.00. The van der Waals surface area contributed by atoms with Crippen LogP contribution in [0.25, 0.3) is 0 Å². The lowest BCUT2D eigenvalue weighted by atomic mass is 10.2. The second kappa shape index (κ2) is 10.5. The Balaban J connectivity index is 1.54. The number of benzene rings is 3. The minimum absolute atomic E-state index is 0.124. The van der Waals surface area contributed by atoms with Crippen LogP contribution in [0, 0.1) is 0 Å². The molecule has 3 aromatic rings. The number of carboxylic acid groups (broad SMARTS) is 1. The van der Waals surface area contributed by atoms with Gasteiger partial charge >= 0.3 is 5.97 Å². The van der Waals surface area contributed by atoms with E-state index >= 15 is 0 Å². The van der Waals surface area contributed by atoms with E-state index in [1.54, 1.807) is 0 Å². The number of thiocarbonyl (C=S) groups is 1. The van der Waals surface area contributed by atoms with Gasteiger partial charge in [0.25, 0.3) is 0 Å². The molecular formula is C22H19N3O4S2. The van der Waals surface area contributed by atoms with Gasteiger partial charge < -0.3 is 26.2 Å². The smallest absolute Gasteiger partial charge is 0.339 e. The molecule has 31 heavy (non-hydrogen) atoms. The van der Waals surface area contributed by atoms with Crippen LogP contribution in [0.5, 0.6) is 5.75 Å². The first-order valence-corrected chi connectivity index (χ1v) is 10.5. The summed E-state index contributed by atoms with van der Waals surface area (Å²) in [6.45, 7) is 0. The van der Waals surface area contributed by atoms with Crippen LogP contribution in [0.1, 0.15) is 10.4 Å². The van der Waals surface area contributed by atoms with Gasteiger partial charge in [-0.15, -0.1) is 11.8 Å². The predicted molar refractivity (Wildman–Crippen MR) is 127 cm³/mol. The van der Waals surface area contributed by atoms with Gasteiger partial charge in [-0.1, -0.05) is 24.3 Å². The highest BCUT2D eigenvalue weighted by Gasteiger charge is 2.12. The minimum atomic E-state index is -1.27. The second-order valence-corrected chi connectivity index (χ2v) is 7.80. The maximum atomic E-state index is 12.2. The van der Waals surface area contributed by atoms with Gasteiger partial charge in [-0.05, 0) is 60.7 Å². The first kappa shape index (κ1) is 22.1. The van der Waals surface area contributed by atoms with Crippen LogP contribution < -0.4 is 16.0 Å². The Morgan fingerprint density at radius 3 is 2.26 bits per heavy atom. The SMILES string of the molecule is O=C(CSc1cccc(NC(=S)Nc2ccccc2)c1)Nc1ccc(O)c(C(=O)O)c1. The third-order valence-corrected chi connectivity index (χ3v) is 5.20. The molecule has 158 valence electrons. The molecule has 0 aliphatic rings. The Morgan fingerprint density at radius 1 is 0.839 bits per heavy atom. The molecule has 7 nitrogen and oxygen atoms in total. The van der Waals surface area contributed by atoms with Crippen molar-refractivity contribution < 1.29 is 19.8 Å². The molecule has 1 amide bonds. The largest absolute Gasteiger partial charge is 0.507 e. The molecule has 0 saturated carbocycles. The average Bonchev–Trinajstić information content (AvgIpc) is 2.74. The number of thioether (sulfide) groups is 1. The van der Waals surface area contributed by atoms with Gasteiger partial charge in [0.1, 0.15) is 11.3 Å². The van der Waals surface area contributed by atoms with Crippen LogP contribution >= 0.6 is 24.0 Å². The van der Waals surface area contributed by atoms with E-state index in [2.05, 4.69) is 16.0 Å². The predicted octanol–water partition coefficient (Wildman–Crippen LogP) is 4.63. The van der Waals surface area contributed by atoms with Crippen molar-refractivity contribution in [2.75, 3.05) is 21.7 Å². The summed E-state index contributed by atoms with van der Waals surface area (Å²) in [7, 11) is 0. The van der Waals surface area contributed by atoms with Crippen molar-refractivity contribution >= 4 is 58.0 Å². The van der Waals surface area contributed by atoms with E-state index in [-0.39, 0.29) is 23.0 Å². The van der Waals surface area contributed by atoms with Gasteiger partial charge in [-0.3, -0.25) is 4.79 Å². The van der Waals surface area contributed by atoms with Crippen molar-refractivity contribution in [3.05, 3.63) is 78.4 Å². The van der Waals surface area contributed by atoms with E-state index in [1.807, 2.05) is 54.6 Å². The summed E-state index contributed by atoms with van der Waals surface area (Å²) < 4.78 is 0. The molecule has 0 fully saturated rings. The number of aromatic carboxylic acids is 1. The number of aromatic hydroxyl groups is 1. The maximum Gasteiger partial charge on any atom is 0.339 e. The van der Waals surface area contributed by atoms with Crippen molar-refractivity contribution in [2.24, 2.45) is 0 Å². The zero-order valence-electron chi connectivity index (χ0n) is 16.2. The summed E-state index contributed by atoms with van der Waals surface area (Å²) in [6.07, 6.45) is 0. The molecule has 0 atom stereocenters. The maximum absolute atomic E-state index is 12.2. The number of nitrogens with one attached hydrogen (secondary N) is 3. The van der Waals surface area contributed by atoms with Crippen LogP contribution in [-0.2, 0) is 4.79 Å². The molecule has 0 saturated heterocycles.